The van der Waals surface area contributed by atoms with Gasteiger partial charge in [0.1, 0.15) is 29.8 Å². The molecule has 3 aromatic carbocycles. The van der Waals surface area contributed by atoms with E-state index in [9.17, 15) is 14.4 Å². The molecule has 0 bridgehead atoms. The lowest BCUT2D eigenvalue weighted by atomic mass is 10.1. The molecule has 3 aromatic rings. The fourth-order valence-corrected chi connectivity index (χ4v) is 2.75. The molecule has 3 rings (SSSR count). The van der Waals surface area contributed by atoms with Crippen LogP contribution in [0.15, 0.2) is 78.4 Å². The van der Waals surface area contributed by atoms with E-state index in [0.717, 1.165) is 5.56 Å². The minimum absolute atomic E-state index is 0.00176. The summed E-state index contributed by atoms with van der Waals surface area (Å²) in [5, 5.41) is 12.4. The SMILES string of the molecule is N#C/C(=C/c1ccccc1OCc1ccccc1Cl)C(=O)Nc1ccccc1F. The lowest BCUT2D eigenvalue weighted by molar-refractivity contribution is -0.112. The highest BCUT2D eigenvalue weighted by Gasteiger charge is 2.13. The van der Waals surface area contributed by atoms with Crippen LogP contribution in [0, 0.1) is 17.1 Å². The molecule has 0 radical (unpaired) electrons. The molecule has 29 heavy (non-hydrogen) atoms. The molecule has 0 unspecified atom stereocenters. The van der Waals surface area contributed by atoms with E-state index in [1.54, 1.807) is 36.4 Å². The van der Waals surface area contributed by atoms with Gasteiger partial charge in [-0.3, -0.25) is 4.79 Å². The van der Waals surface area contributed by atoms with Crippen molar-refractivity contribution in [1.82, 2.24) is 0 Å². The van der Waals surface area contributed by atoms with Gasteiger partial charge in [0, 0.05) is 16.1 Å². The number of amides is 1. The van der Waals surface area contributed by atoms with E-state index in [4.69, 9.17) is 16.3 Å². The number of ether oxygens (including phenoxy) is 1. The number of nitrogens with one attached hydrogen (secondary N) is 1. The third kappa shape index (κ3) is 5.22. The summed E-state index contributed by atoms with van der Waals surface area (Å²) in [7, 11) is 0. The molecule has 0 aliphatic carbocycles. The molecule has 0 atom stereocenters. The Kier molecular flexibility index (Phi) is 6.62. The molecular weight excluding hydrogens is 391 g/mol. The van der Waals surface area contributed by atoms with Gasteiger partial charge in [-0.05, 0) is 30.3 Å². The zero-order valence-electron chi connectivity index (χ0n) is 15.2. The summed E-state index contributed by atoms with van der Waals surface area (Å²) in [5.74, 6) is -0.806. The van der Waals surface area contributed by atoms with Gasteiger partial charge < -0.3 is 10.1 Å². The first-order chi connectivity index (χ1) is 14.1. The molecular formula is C23H16ClFN2O2. The molecule has 0 aromatic heterocycles. The Hall–Kier alpha value is -3.62. The Bertz CT molecular complexity index is 1110. The van der Waals surface area contributed by atoms with E-state index in [0.29, 0.717) is 16.3 Å². The van der Waals surface area contributed by atoms with E-state index in [1.807, 2.05) is 24.3 Å². The van der Waals surface area contributed by atoms with Gasteiger partial charge in [-0.1, -0.05) is 60.1 Å². The number of hydrogen-bond acceptors (Lipinski definition) is 3. The highest BCUT2D eigenvalue weighted by molar-refractivity contribution is 6.31. The fourth-order valence-electron chi connectivity index (χ4n) is 2.56. The number of anilines is 1. The molecule has 6 heteroatoms. The van der Waals surface area contributed by atoms with Gasteiger partial charge in [0.2, 0.25) is 0 Å². The molecule has 0 fully saturated rings. The van der Waals surface area contributed by atoms with Crippen molar-refractivity contribution in [3.05, 3.63) is 100 Å². The van der Waals surface area contributed by atoms with E-state index in [2.05, 4.69) is 5.32 Å². The van der Waals surface area contributed by atoms with Crippen LogP contribution in [0.3, 0.4) is 0 Å². The first kappa shape index (κ1) is 20.1. The van der Waals surface area contributed by atoms with Gasteiger partial charge in [0.15, 0.2) is 0 Å². The summed E-state index contributed by atoms with van der Waals surface area (Å²) >= 11 is 6.15. The van der Waals surface area contributed by atoms with Crippen LogP contribution in [-0.2, 0) is 11.4 Å². The molecule has 0 aliphatic rings. The molecule has 0 saturated heterocycles. The zero-order chi connectivity index (χ0) is 20.6. The Morgan fingerprint density at radius 2 is 1.76 bits per heavy atom. The molecule has 1 N–H and O–H groups in total. The quantitative estimate of drug-likeness (QED) is 0.428. The van der Waals surface area contributed by atoms with Crippen LogP contribution in [0.25, 0.3) is 6.08 Å². The monoisotopic (exact) mass is 406 g/mol. The third-order valence-electron chi connectivity index (χ3n) is 4.05. The summed E-state index contributed by atoms with van der Waals surface area (Å²) in [6.45, 7) is 0.230. The lowest BCUT2D eigenvalue weighted by Gasteiger charge is -2.11. The maximum absolute atomic E-state index is 13.8. The van der Waals surface area contributed by atoms with Gasteiger partial charge >= 0.3 is 0 Å². The normalized spacial score (nSPS) is 10.9. The van der Waals surface area contributed by atoms with Crippen molar-refractivity contribution in [3.63, 3.8) is 0 Å². The first-order valence-corrected chi connectivity index (χ1v) is 9.09. The molecule has 0 heterocycles. The number of rotatable bonds is 6. The van der Waals surface area contributed by atoms with Crippen LogP contribution >= 0.6 is 11.6 Å². The van der Waals surface area contributed by atoms with Crippen molar-refractivity contribution in [1.29, 1.82) is 5.26 Å². The Morgan fingerprint density at radius 1 is 1.07 bits per heavy atom. The summed E-state index contributed by atoms with van der Waals surface area (Å²) in [6.07, 6.45) is 1.40. The van der Waals surface area contributed by atoms with Crippen LogP contribution in [0.4, 0.5) is 10.1 Å². The van der Waals surface area contributed by atoms with Crippen molar-refractivity contribution in [2.75, 3.05) is 5.32 Å². The second kappa shape index (κ2) is 9.54. The fraction of sp³-hybridized carbons (Fsp3) is 0.0435. The smallest absolute Gasteiger partial charge is 0.266 e. The zero-order valence-corrected chi connectivity index (χ0v) is 16.0. The average molecular weight is 407 g/mol. The standard InChI is InChI=1S/C23H16ClFN2O2/c24-19-9-3-1-8-17(19)15-29-22-12-6-2-7-16(22)13-18(14-26)23(28)27-21-11-5-4-10-20(21)25/h1-13H,15H2,(H,27,28)/b18-13-. The summed E-state index contributed by atoms with van der Waals surface area (Å²) in [5.41, 5.74) is 1.18. The van der Waals surface area contributed by atoms with Crippen molar-refractivity contribution >= 4 is 29.3 Å². The number of carbonyl (C=O) groups excluding carboxylic acids is 1. The largest absolute Gasteiger partial charge is 0.488 e. The Balaban J connectivity index is 1.81. The maximum atomic E-state index is 13.8. The van der Waals surface area contributed by atoms with Crippen LogP contribution in [0.5, 0.6) is 5.75 Å². The molecule has 0 saturated carbocycles. The van der Waals surface area contributed by atoms with Crippen molar-refractivity contribution in [2.24, 2.45) is 0 Å². The summed E-state index contributed by atoms with van der Waals surface area (Å²) in [6, 6.07) is 21.9. The second-order valence-electron chi connectivity index (χ2n) is 6.02. The van der Waals surface area contributed by atoms with Gasteiger partial charge in [0.25, 0.3) is 5.91 Å². The number of nitrogens with zero attached hydrogens (tertiary/aromatic N) is 1. The highest BCUT2D eigenvalue weighted by Crippen LogP contribution is 2.24. The molecule has 4 nitrogen and oxygen atoms in total. The lowest BCUT2D eigenvalue weighted by Crippen LogP contribution is -2.14. The molecule has 0 spiro atoms. The molecule has 144 valence electrons. The number of benzene rings is 3. The predicted octanol–water partition coefficient (Wildman–Crippen LogP) is 5.60. The van der Waals surface area contributed by atoms with Crippen LogP contribution in [-0.4, -0.2) is 5.91 Å². The van der Waals surface area contributed by atoms with Crippen molar-refractivity contribution in [2.45, 2.75) is 6.61 Å². The van der Waals surface area contributed by atoms with Crippen LogP contribution in [0.2, 0.25) is 5.02 Å². The number of hydrogen-bond donors (Lipinski definition) is 1. The Labute approximate surface area is 172 Å². The van der Waals surface area contributed by atoms with Gasteiger partial charge in [-0.2, -0.15) is 5.26 Å². The number of nitriles is 1. The van der Waals surface area contributed by atoms with Crippen LogP contribution < -0.4 is 10.1 Å². The number of carbonyl (C=O) groups is 1. The topological polar surface area (TPSA) is 62.1 Å². The minimum Gasteiger partial charge on any atom is -0.488 e. The van der Waals surface area contributed by atoms with Gasteiger partial charge in [-0.15, -0.1) is 0 Å². The van der Waals surface area contributed by atoms with Gasteiger partial charge in [-0.25, -0.2) is 4.39 Å². The highest BCUT2D eigenvalue weighted by atomic mass is 35.5. The van der Waals surface area contributed by atoms with E-state index >= 15 is 0 Å². The van der Waals surface area contributed by atoms with E-state index in [-0.39, 0.29) is 17.9 Å². The van der Waals surface area contributed by atoms with E-state index < -0.39 is 11.7 Å². The average Bonchev–Trinajstić information content (AvgIpc) is 2.73. The second-order valence-corrected chi connectivity index (χ2v) is 6.43. The summed E-state index contributed by atoms with van der Waals surface area (Å²) in [4.78, 5) is 12.4. The minimum atomic E-state index is -0.710. The molecule has 0 aliphatic heterocycles. The van der Waals surface area contributed by atoms with E-state index in [1.165, 1.54) is 24.3 Å². The number of halogens is 2. The van der Waals surface area contributed by atoms with Crippen molar-refractivity contribution < 1.29 is 13.9 Å². The predicted molar refractivity (Wildman–Crippen MR) is 111 cm³/mol. The molecule has 1 amide bonds. The Morgan fingerprint density at radius 3 is 2.52 bits per heavy atom. The van der Waals surface area contributed by atoms with Crippen molar-refractivity contribution in [3.8, 4) is 11.8 Å². The van der Waals surface area contributed by atoms with Crippen LogP contribution in [0.1, 0.15) is 11.1 Å². The number of para-hydroxylation sites is 2. The maximum Gasteiger partial charge on any atom is 0.266 e. The first-order valence-electron chi connectivity index (χ1n) is 8.71. The third-order valence-corrected chi connectivity index (χ3v) is 4.42. The summed E-state index contributed by atoms with van der Waals surface area (Å²) < 4.78 is 19.6. The van der Waals surface area contributed by atoms with Gasteiger partial charge in [0.05, 0.1) is 5.69 Å².